The summed E-state index contributed by atoms with van der Waals surface area (Å²) in [5, 5.41) is 1.96. The third-order valence-electron chi connectivity index (χ3n) is 3.62. The molecule has 3 rings (SSSR count). The number of amides is 2. The third-order valence-corrected chi connectivity index (χ3v) is 5.09. The van der Waals surface area contributed by atoms with E-state index in [1.807, 2.05) is 0 Å². The second kappa shape index (κ2) is 7.92. The van der Waals surface area contributed by atoms with Crippen LogP contribution in [0.2, 0.25) is 0 Å². The molecule has 0 radical (unpaired) electrons. The van der Waals surface area contributed by atoms with Gasteiger partial charge in [-0.05, 0) is 67.2 Å². The number of anilines is 2. The zero-order valence-corrected chi connectivity index (χ0v) is 16.2. The maximum absolute atomic E-state index is 12.6. The van der Waals surface area contributed by atoms with Gasteiger partial charge in [0.15, 0.2) is 5.37 Å². The largest absolute Gasteiger partial charge is 0.462 e. The zero-order valence-electron chi connectivity index (χ0n) is 13.8. The SMILES string of the molecule is CCOC(=O)c1ccc(NC2SC(=O)N(c3ccc(Br)cc3)C2=O)cc1. The van der Waals surface area contributed by atoms with E-state index in [2.05, 4.69) is 21.2 Å². The molecule has 1 saturated heterocycles. The summed E-state index contributed by atoms with van der Waals surface area (Å²) in [6.07, 6.45) is 0. The van der Waals surface area contributed by atoms with Crippen LogP contribution < -0.4 is 10.2 Å². The highest BCUT2D eigenvalue weighted by Crippen LogP contribution is 2.33. The fourth-order valence-corrected chi connectivity index (χ4v) is 3.56. The van der Waals surface area contributed by atoms with E-state index in [0.717, 1.165) is 21.1 Å². The number of halogens is 1. The number of imide groups is 1. The maximum Gasteiger partial charge on any atom is 0.338 e. The fraction of sp³-hybridized carbons (Fsp3) is 0.167. The van der Waals surface area contributed by atoms with Gasteiger partial charge in [0.25, 0.3) is 11.1 Å². The zero-order chi connectivity index (χ0) is 18.7. The summed E-state index contributed by atoms with van der Waals surface area (Å²) in [6, 6.07) is 13.5. The van der Waals surface area contributed by atoms with Gasteiger partial charge in [0.2, 0.25) is 0 Å². The van der Waals surface area contributed by atoms with Crippen molar-refractivity contribution in [1.82, 2.24) is 0 Å². The van der Waals surface area contributed by atoms with E-state index in [4.69, 9.17) is 4.74 Å². The Morgan fingerprint density at radius 2 is 1.81 bits per heavy atom. The Morgan fingerprint density at radius 1 is 1.15 bits per heavy atom. The highest BCUT2D eigenvalue weighted by molar-refractivity contribution is 9.10. The van der Waals surface area contributed by atoms with Crippen LogP contribution in [0.3, 0.4) is 0 Å². The number of nitrogens with one attached hydrogen (secondary N) is 1. The highest BCUT2D eigenvalue weighted by atomic mass is 79.9. The van der Waals surface area contributed by atoms with Crippen molar-refractivity contribution in [3.63, 3.8) is 0 Å². The Labute approximate surface area is 163 Å². The predicted octanol–water partition coefficient (Wildman–Crippen LogP) is 4.26. The lowest BCUT2D eigenvalue weighted by Gasteiger charge is -2.15. The molecule has 1 N–H and O–H groups in total. The molecule has 0 aromatic heterocycles. The lowest BCUT2D eigenvalue weighted by Crippen LogP contribution is -2.34. The molecule has 1 heterocycles. The summed E-state index contributed by atoms with van der Waals surface area (Å²) in [6.45, 7) is 2.05. The van der Waals surface area contributed by atoms with E-state index in [-0.39, 0.29) is 11.1 Å². The van der Waals surface area contributed by atoms with E-state index in [9.17, 15) is 14.4 Å². The summed E-state index contributed by atoms with van der Waals surface area (Å²) < 4.78 is 5.80. The minimum absolute atomic E-state index is 0.306. The Kier molecular flexibility index (Phi) is 5.63. The minimum atomic E-state index is -0.723. The van der Waals surface area contributed by atoms with Crippen molar-refractivity contribution in [3.8, 4) is 0 Å². The lowest BCUT2D eigenvalue weighted by atomic mass is 10.2. The number of thioether (sulfide) groups is 1. The molecule has 6 nitrogen and oxygen atoms in total. The number of ether oxygens (including phenoxy) is 1. The standard InChI is InChI=1S/C18H15BrN2O4S/c1-2-25-17(23)11-3-7-13(8-4-11)20-15-16(22)21(18(24)26-15)14-9-5-12(19)6-10-14/h3-10,15,20H,2H2,1H3. The Hall–Kier alpha value is -2.32. The summed E-state index contributed by atoms with van der Waals surface area (Å²) >= 11 is 4.24. The minimum Gasteiger partial charge on any atom is -0.462 e. The van der Waals surface area contributed by atoms with E-state index in [1.165, 1.54) is 0 Å². The molecule has 1 aliphatic rings. The summed E-state index contributed by atoms with van der Waals surface area (Å²) in [5.74, 6) is -0.737. The van der Waals surface area contributed by atoms with Gasteiger partial charge in [0.1, 0.15) is 0 Å². The van der Waals surface area contributed by atoms with Crippen LogP contribution in [0.5, 0.6) is 0 Å². The molecule has 1 atom stereocenters. The summed E-state index contributed by atoms with van der Waals surface area (Å²) in [5.41, 5.74) is 1.59. The van der Waals surface area contributed by atoms with Gasteiger partial charge >= 0.3 is 5.97 Å². The van der Waals surface area contributed by atoms with Crippen molar-refractivity contribution in [2.75, 3.05) is 16.8 Å². The van der Waals surface area contributed by atoms with Gasteiger partial charge in [-0.2, -0.15) is 0 Å². The first-order valence-corrected chi connectivity index (χ1v) is 9.50. The number of carbonyl (C=O) groups is 3. The topological polar surface area (TPSA) is 75.7 Å². The molecule has 0 saturated carbocycles. The number of esters is 1. The Morgan fingerprint density at radius 3 is 2.42 bits per heavy atom. The van der Waals surface area contributed by atoms with Gasteiger partial charge in [-0.25, -0.2) is 9.69 Å². The molecule has 26 heavy (non-hydrogen) atoms. The molecule has 134 valence electrons. The molecule has 0 aliphatic carbocycles. The Balaban J connectivity index is 1.71. The molecule has 2 aromatic carbocycles. The van der Waals surface area contributed by atoms with Crippen LogP contribution >= 0.6 is 27.7 Å². The van der Waals surface area contributed by atoms with Gasteiger partial charge < -0.3 is 10.1 Å². The molecular weight excluding hydrogens is 420 g/mol. The van der Waals surface area contributed by atoms with Crippen molar-refractivity contribution >= 4 is 56.2 Å². The molecule has 8 heteroatoms. The van der Waals surface area contributed by atoms with Crippen molar-refractivity contribution < 1.29 is 19.1 Å². The normalized spacial score (nSPS) is 16.7. The van der Waals surface area contributed by atoms with E-state index >= 15 is 0 Å². The smallest absolute Gasteiger partial charge is 0.338 e. The summed E-state index contributed by atoms with van der Waals surface area (Å²) in [7, 11) is 0. The first-order valence-electron chi connectivity index (χ1n) is 7.83. The highest BCUT2D eigenvalue weighted by Gasteiger charge is 2.40. The number of benzene rings is 2. The van der Waals surface area contributed by atoms with Crippen LogP contribution in [0, 0.1) is 0 Å². The first kappa shape index (κ1) is 18.5. The van der Waals surface area contributed by atoms with Gasteiger partial charge in [0, 0.05) is 10.2 Å². The monoisotopic (exact) mass is 434 g/mol. The number of hydrogen-bond acceptors (Lipinski definition) is 6. The molecule has 0 spiro atoms. The molecule has 1 aliphatic heterocycles. The number of nitrogens with zero attached hydrogens (tertiary/aromatic N) is 1. The second-order valence-electron chi connectivity index (χ2n) is 5.36. The maximum atomic E-state index is 12.6. The molecule has 1 unspecified atom stereocenters. The van der Waals surface area contributed by atoms with Gasteiger partial charge in [-0.15, -0.1) is 0 Å². The van der Waals surface area contributed by atoms with E-state index in [1.54, 1.807) is 55.5 Å². The molecular formula is C18H15BrN2O4S. The first-order chi connectivity index (χ1) is 12.5. The van der Waals surface area contributed by atoms with Crippen LogP contribution in [-0.2, 0) is 9.53 Å². The van der Waals surface area contributed by atoms with Crippen LogP contribution in [0.15, 0.2) is 53.0 Å². The van der Waals surface area contributed by atoms with Crippen molar-refractivity contribution in [1.29, 1.82) is 0 Å². The summed E-state index contributed by atoms with van der Waals surface area (Å²) in [4.78, 5) is 37.7. The van der Waals surface area contributed by atoms with Crippen molar-refractivity contribution in [3.05, 3.63) is 58.6 Å². The predicted molar refractivity (Wildman–Crippen MR) is 104 cm³/mol. The number of hydrogen-bond donors (Lipinski definition) is 1. The van der Waals surface area contributed by atoms with E-state index in [0.29, 0.717) is 23.5 Å². The van der Waals surface area contributed by atoms with Gasteiger partial charge in [-0.1, -0.05) is 15.9 Å². The van der Waals surface area contributed by atoms with Gasteiger partial charge in [0.05, 0.1) is 17.9 Å². The molecule has 0 bridgehead atoms. The number of carbonyl (C=O) groups excluding carboxylic acids is 3. The number of rotatable bonds is 5. The molecule has 1 fully saturated rings. The van der Waals surface area contributed by atoms with Crippen molar-refractivity contribution in [2.45, 2.75) is 12.3 Å². The second-order valence-corrected chi connectivity index (χ2v) is 7.33. The van der Waals surface area contributed by atoms with Crippen LogP contribution in [0.4, 0.5) is 16.2 Å². The van der Waals surface area contributed by atoms with Crippen LogP contribution in [0.1, 0.15) is 17.3 Å². The molecule has 2 amide bonds. The lowest BCUT2D eigenvalue weighted by molar-refractivity contribution is -0.116. The Bertz CT molecular complexity index is 839. The fourth-order valence-electron chi connectivity index (χ4n) is 2.39. The molecule has 2 aromatic rings. The van der Waals surface area contributed by atoms with Crippen molar-refractivity contribution in [2.24, 2.45) is 0 Å². The quantitative estimate of drug-likeness (QED) is 0.708. The average Bonchev–Trinajstić information content (AvgIpc) is 2.90. The van der Waals surface area contributed by atoms with Crippen LogP contribution in [0.25, 0.3) is 0 Å². The third kappa shape index (κ3) is 3.91. The van der Waals surface area contributed by atoms with E-state index < -0.39 is 11.3 Å². The van der Waals surface area contributed by atoms with Crippen LogP contribution in [-0.4, -0.2) is 29.1 Å². The average molecular weight is 435 g/mol. The van der Waals surface area contributed by atoms with Gasteiger partial charge in [-0.3, -0.25) is 9.59 Å².